The van der Waals surface area contributed by atoms with Crippen LogP contribution in [0, 0.1) is 5.41 Å². The summed E-state index contributed by atoms with van der Waals surface area (Å²) in [6, 6.07) is 11.1. The number of hydrogen-bond donors (Lipinski definition) is 2. The van der Waals surface area contributed by atoms with Crippen LogP contribution in [0.3, 0.4) is 0 Å². The van der Waals surface area contributed by atoms with Crippen LogP contribution in [0.5, 0.6) is 0 Å². The molecule has 1 aliphatic rings. The first-order chi connectivity index (χ1) is 8.60. The van der Waals surface area contributed by atoms with Gasteiger partial charge in [-0.05, 0) is 37.8 Å². The third kappa shape index (κ3) is 3.12. The summed E-state index contributed by atoms with van der Waals surface area (Å²) in [5.41, 5.74) is 1.48. The lowest BCUT2D eigenvalue weighted by molar-refractivity contribution is -0.0722. The van der Waals surface area contributed by atoms with Crippen LogP contribution in [0.2, 0.25) is 0 Å². The second kappa shape index (κ2) is 5.85. The van der Waals surface area contributed by atoms with Crippen LogP contribution in [0.25, 0.3) is 0 Å². The highest BCUT2D eigenvalue weighted by molar-refractivity contribution is 5.14. The number of benzene rings is 1. The Labute approximate surface area is 110 Å². The molecule has 100 valence electrons. The molecule has 0 radical (unpaired) electrons. The average Bonchev–Trinajstić information content (AvgIpc) is 2.38. The van der Waals surface area contributed by atoms with Gasteiger partial charge in [0.25, 0.3) is 0 Å². The van der Waals surface area contributed by atoms with E-state index in [0.717, 1.165) is 13.0 Å². The molecule has 1 saturated carbocycles. The summed E-state index contributed by atoms with van der Waals surface area (Å²) >= 11 is 0. The molecule has 2 rings (SSSR count). The van der Waals surface area contributed by atoms with Crippen molar-refractivity contribution in [2.24, 2.45) is 5.41 Å². The Morgan fingerprint density at radius 2 is 1.94 bits per heavy atom. The predicted molar refractivity (Wildman–Crippen MR) is 75.6 cm³/mol. The second-order valence-corrected chi connectivity index (χ2v) is 6.02. The number of aliphatic hydroxyl groups excluding tert-OH is 1. The number of unbranched alkanes of at least 4 members (excludes halogenated alkanes) is 1. The minimum atomic E-state index is -0.126. The van der Waals surface area contributed by atoms with Gasteiger partial charge in [-0.15, -0.1) is 0 Å². The normalized spacial score (nSPS) is 25.7. The molecule has 0 saturated heterocycles. The minimum Gasteiger partial charge on any atom is -0.392 e. The largest absolute Gasteiger partial charge is 0.392 e. The molecule has 1 aromatic rings. The van der Waals surface area contributed by atoms with Crippen LogP contribution >= 0.6 is 0 Å². The van der Waals surface area contributed by atoms with Crippen molar-refractivity contribution >= 4 is 0 Å². The Kier molecular flexibility index (Phi) is 4.41. The van der Waals surface area contributed by atoms with Crippen molar-refractivity contribution in [2.45, 2.75) is 51.7 Å². The number of hydrogen-bond acceptors (Lipinski definition) is 2. The molecule has 1 aliphatic carbocycles. The van der Waals surface area contributed by atoms with Crippen LogP contribution in [0.4, 0.5) is 0 Å². The van der Waals surface area contributed by atoms with E-state index in [2.05, 4.69) is 49.5 Å². The minimum absolute atomic E-state index is 0.0550. The number of aliphatic hydroxyl groups is 1. The second-order valence-electron chi connectivity index (χ2n) is 6.02. The molecular weight excluding hydrogens is 222 g/mol. The summed E-state index contributed by atoms with van der Waals surface area (Å²) in [7, 11) is 0. The zero-order chi connectivity index (χ0) is 13.0. The van der Waals surface area contributed by atoms with Gasteiger partial charge in [0.1, 0.15) is 0 Å². The van der Waals surface area contributed by atoms with Gasteiger partial charge in [0, 0.05) is 11.5 Å². The summed E-state index contributed by atoms with van der Waals surface area (Å²) in [6.45, 7) is 5.35. The highest BCUT2D eigenvalue weighted by Crippen LogP contribution is 2.40. The van der Waals surface area contributed by atoms with Crippen LogP contribution in [-0.4, -0.2) is 23.8 Å². The lowest BCUT2D eigenvalue weighted by atomic mass is 9.64. The van der Waals surface area contributed by atoms with Crippen LogP contribution in [-0.2, 0) is 6.42 Å². The SMILES string of the molecule is CC1(C)C(O)CC1NCCCCc1ccccc1. The predicted octanol–water partition coefficient (Wildman–Crippen LogP) is 2.76. The Morgan fingerprint density at radius 3 is 2.56 bits per heavy atom. The maximum absolute atomic E-state index is 9.66. The van der Waals surface area contributed by atoms with Gasteiger partial charge in [-0.25, -0.2) is 0 Å². The topological polar surface area (TPSA) is 32.3 Å². The van der Waals surface area contributed by atoms with Gasteiger partial charge in [-0.1, -0.05) is 44.2 Å². The zero-order valence-electron chi connectivity index (χ0n) is 11.5. The first-order valence-corrected chi connectivity index (χ1v) is 7.06. The smallest absolute Gasteiger partial charge is 0.0621 e. The van der Waals surface area contributed by atoms with E-state index in [9.17, 15) is 5.11 Å². The monoisotopic (exact) mass is 247 g/mol. The maximum atomic E-state index is 9.66. The molecule has 0 amide bonds. The lowest BCUT2D eigenvalue weighted by Gasteiger charge is -2.49. The average molecular weight is 247 g/mol. The van der Waals surface area contributed by atoms with Crippen LogP contribution in [0.1, 0.15) is 38.7 Å². The molecule has 2 heteroatoms. The van der Waals surface area contributed by atoms with E-state index in [1.807, 2.05) is 0 Å². The molecule has 18 heavy (non-hydrogen) atoms. The Morgan fingerprint density at radius 1 is 1.22 bits per heavy atom. The molecule has 1 aromatic carbocycles. The molecular formula is C16H25NO. The Hall–Kier alpha value is -0.860. The first kappa shape index (κ1) is 13.6. The van der Waals surface area contributed by atoms with E-state index >= 15 is 0 Å². The third-order valence-electron chi connectivity index (χ3n) is 4.34. The molecule has 2 nitrogen and oxygen atoms in total. The molecule has 0 aliphatic heterocycles. The van der Waals surface area contributed by atoms with Crippen molar-refractivity contribution in [1.82, 2.24) is 5.32 Å². The molecule has 2 atom stereocenters. The van der Waals surface area contributed by atoms with E-state index in [1.165, 1.54) is 24.8 Å². The van der Waals surface area contributed by atoms with Gasteiger partial charge in [-0.3, -0.25) is 0 Å². The fraction of sp³-hybridized carbons (Fsp3) is 0.625. The van der Waals surface area contributed by atoms with Crippen molar-refractivity contribution in [1.29, 1.82) is 0 Å². The quantitative estimate of drug-likeness (QED) is 0.758. The van der Waals surface area contributed by atoms with E-state index in [0.29, 0.717) is 6.04 Å². The van der Waals surface area contributed by atoms with Crippen molar-refractivity contribution in [3.63, 3.8) is 0 Å². The molecule has 0 heterocycles. The number of rotatable bonds is 6. The summed E-state index contributed by atoms with van der Waals surface area (Å²) in [5.74, 6) is 0. The maximum Gasteiger partial charge on any atom is 0.0621 e. The summed E-state index contributed by atoms with van der Waals surface area (Å²) in [6.07, 6.45) is 4.38. The number of aryl methyl sites for hydroxylation is 1. The fourth-order valence-electron chi connectivity index (χ4n) is 2.62. The van der Waals surface area contributed by atoms with Crippen molar-refractivity contribution in [3.05, 3.63) is 35.9 Å². The van der Waals surface area contributed by atoms with E-state index in [1.54, 1.807) is 0 Å². The zero-order valence-corrected chi connectivity index (χ0v) is 11.5. The highest BCUT2D eigenvalue weighted by atomic mass is 16.3. The molecule has 0 bridgehead atoms. The van der Waals surface area contributed by atoms with Crippen molar-refractivity contribution in [3.8, 4) is 0 Å². The van der Waals surface area contributed by atoms with Gasteiger partial charge < -0.3 is 10.4 Å². The standard InChI is InChI=1S/C16H25NO/c1-16(2)14(12-15(16)18)17-11-7-6-10-13-8-4-3-5-9-13/h3-5,8-9,14-15,17-18H,6-7,10-12H2,1-2H3. The lowest BCUT2D eigenvalue weighted by Crippen LogP contribution is -2.60. The Bertz CT molecular complexity index is 361. The summed E-state index contributed by atoms with van der Waals surface area (Å²) in [5, 5.41) is 13.2. The first-order valence-electron chi connectivity index (χ1n) is 7.06. The van der Waals surface area contributed by atoms with Gasteiger partial charge in [0.05, 0.1) is 6.10 Å². The third-order valence-corrected chi connectivity index (χ3v) is 4.34. The molecule has 2 unspecified atom stereocenters. The fourth-order valence-corrected chi connectivity index (χ4v) is 2.62. The Balaban J connectivity index is 1.57. The summed E-state index contributed by atoms with van der Waals surface area (Å²) < 4.78 is 0. The van der Waals surface area contributed by atoms with E-state index < -0.39 is 0 Å². The molecule has 1 fully saturated rings. The van der Waals surface area contributed by atoms with Crippen LogP contribution < -0.4 is 5.32 Å². The van der Waals surface area contributed by atoms with E-state index in [4.69, 9.17) is 0 Å². The molecule has 2 N–H and O–H groups in total. The van der Waals surface area contributed by atoms with E-state index in [-0.39, 0.29) is 11.5 Å². The number of nitrogens with one attached hydrogen (secondary N) is 1. The molecule has 0 aromatic heterocycles. The molecule has 0 spiro atoms. The van der Waals surface area contributed by atoms with Gasteiger partial charge in [0.2, 0.25) is 0 Å². The van der Waals surface area contributed by atoms with Crippen molar-refractivity contribution < 1.29 is 5.11 Å². The van der Waals surface area contributed by atoms with Crippen LogP contribution in [0.15, 0.2) is 30.3 Å². The summed E-state index contributed by atoms with van der Waals surface area (Å²) in [4.78, 5) is 0. The van der Waals surface area contributed by atoms with Gasteiger partial charge in [-0.2, -0.15) is 0 Å². The van der Waals surface area contributed by atoms with Crippen molar-refractivity contribution in [2.75, 3.05) is 6.54 Å². The van der Waals surface area contributed by atoms with Gasteiger partial charge >= 0.3 is 0 Å². The highest BCUT2D eigenvalue weighted by Gasteiger charge is 2.46. The van der Waals surface area contributed by atoms with Gasteiger partial charge in [0.15, 0.2) is 0 Å².